The van der Waals surface area contributed by atoms with E-state index in [0.29, 0.717) is 30.7 Å². The van der Waals surface area contributed by atoms with Gasteiger partial charge >= 0.3 is 5.63 Å². The van der Waals surface area contributed by atoms with Gasteiger partial charge in [-0.25, -0.2) is 4.79 Å². The number of fused-ring (bicyclic) bond motifs is 1. The molecule has 0 spiro atoms. The van der Waals surface area contributed by atoms with Crippen molar-refractivity contribution in [2.24, 2.45) is 11.8 Å². The summed E-state index contributed by atoms with van der Waals surface area (Å²) in [6.45, 7) is 6.46. The fourth-order valence-electron chi connectivity index (χ4n) is 4.20. The Morgan fingerprint density at radius 2 is 2.00 bits per heavy atom. The number of rotatable bonds is 2. The van der Waals surface area contributed by atoms with Gasteiger partial charge in [0.1, 0.15) is 11.3 Å². The highest BCUT2D eigenvalue weighted by atomic mass is 35.5. The molecule has 0 aromatic carbocycles. The fraction of sp³-hybridized carbons (Fsp3) is 0.667. The molecule has 7 heteroatoms. The molecule has 3 aliphatic rings. The lowest BCUT2D eigenvalue weighted by Gasteiger charge is -2.22. The van der Waals surface area contributed by atoms with E-state index in [4.69, 9.17) is 9.15 Å². The number of aryl methyl sites for hydroxylation is 1. The van der Waals surface area contributed by atoms with Crippen LogP contribution < -0.4 is 10.9 Å². The SMILES string of the molecule is Cc1cc(C2CCCNC2)oc(=O)c1C(=O)N1C[C@H]2COC[C@H]2C1.Cl. The Hall–Kier alpha value is -1.37. The van der Waals surface area contributed by atoms with Crippen LogP contribution in [-0.2, 0) is 4.74 Å². The van der Waals surface area contributed by atoms with Crippen LogP contribution in [0.25, 0.3) is 0 Å². The number of nitrogens with zero attached hydrogens (tertiary/aromatic N) is 1. The van der Waals surface area contributed by atoms with Crippen molar-refractivity contribution in [2.45, 2.75) is 25.7 Å². The van der Waals surface area contributed by atoms with E-state index in [1.807, 2.05) is 13.0 Å². The molecular formula is C18H25ClN2O4. The van der Waals surface area contributed by atoms with E-state index in [1.165, 1.54) is 0 Å². The van der Waals surface area contributed by atoms with E-state index in [9.17, 15) is 9.59 Å². The zero-order chi connectivity index (χ0) is 16.7. The van der Waals surface area contributed by atoms with Crippen LogP contribution in [0.1, 0.15) is 40.4 Å². The van der Waals surface area contributed by atoms with Crippen molar-refractivity contribution in [3.05, 3.63) is 33.4 Å². The summed E-state index contributed by atoms with van der Waals surface area (Å²) < 4.78 is 11.0. The fourth-order valence-corrected chi connectivity index (χ4v) is 4.20. The Bertz CT molecular complexity index is 687. The summed E-state index contributed by atoms with van der Waals surface area (Å²) in [5, 5.41) is 3.33. The van der Waals surface area contributed by atoms with E-state index in [0.717, 1.165) is 44.7 Å². The standard InChI is InChI=1S/C18H24N2O4.ClH/c1-11-5-15(12-3-2-4-19-6-12)24-18(22)16(11)17(21)20-7-13-9-23-10-14(13)8-20;/h5,12-14,19H,2-4,6-10H2,1H3;1H/t12?,13-,14+;. The van der Waals surface area contributed by atoms with Crippen LogP contribution in [0, 0.1) is 18.8 Å². The molecule has 25 heavy (non-hydrogen) atoms. The lowest BCUT2D eigenvalue weighted by Crippen LogP contribution is -2.35. The van der Waals surface area contributed by atoms with E-state index >= 15 is 0 Å². The van der Waals surface area contributed by atoms with Gasteiger partial charge in [-0.05, 0) is 37.9 Å². The summed E-state index contributed by atoms with van der Waals surface area (Å²) in [5.74, 6) is 1.55. The number of carbonyl (C=O) groups excluding carboxylic acids is 1. The maximum atomic E-state index is 12.8. The van der Waals surface area contributed by atoms with Gasteiger partial charge in [-0.15, -0.1) is 12.4 Å². The third-order valence-corrected chi connectivity index (χ3v) is 5.61. The van der Waals surface area contributed by atoms with Gasteiger partial charge < -0.3 is 19.4 Å². The Morgan fingerprint density at radius 3 is 2.60 bits per heavy atom. The van der Waals surface area contributed by atoms with Crippen molar-refractivity contribution in [1.29, 1.82) is 0 Å². The highest BCUT2D eigenvalue weighted by Gasteiger charge is 2.40. The third-order valence-electron chi connectivity index (χ3n) is 5.61. The molecule has 1 N–H and O–H groups in total. The molecule has 0 aliphatic carbocycles. The van der Waals surface area contributed by atoms with E-state index in [1.54, 1.807) is 4.90 Å². The molecule has 1 aromatic rings. The maximum absolute atomic E-state index is 12.8. The molecule has 0 bridgehead atoms. The van der Waals surface area contributed by atoms with Gasteiger partial charge in [-0.1, -0.05) is 0 Å². The zero-order valence-corrected chi connectivity index (χ0v) is 15.3. The molecule has 4 rings (SSSR count). The second-order valence-corrected chi connectivity index (χ2v) is 7.31. The predicted molar refractivity (Wildman–Crippen MR) is 95.5 cm³/mol. The number of piperidine rings is 1. The molecule has 3 aliphatic heterocycles. The molecule has 1 unspecified atom stereocenters. The molecule has 3 atom stereocenters. The largest absolute Gasteiger partial charge is 0.427 e. The number of ether oxygens (including phenoxy) is 1. The lowest BCUT2D eigenvalue weighted by molar-refractivity contribution is 0.0745. The smallest absolute Gasteiger partial charge is 0.349 e. The molecule has 0 radical (unpaired) electrons. The van der Waals surface area contributed by atoms with Crippen LogP contribution in [0.4, 0.5) is 0 Å². The Kier molecular flexibility index (Phi) is 5.51. The van der Waals surface area contributed by atoms with Crippen LogP contribution in [0.15, 0.2) is 15.3 Å². The van der Waals surface area contributed by atoms with Crippen LogP contribution >= 0.6 is 12.4 Å². The van der Waals surface area contributed by atoms with Crippen LogP contribution in [0.5, 0.6) is 0 Å². The highest BCUT2D eigenvalue weighted by Crippen LogP contribution is 2.30. The quantitative estimate of drug-likeness (QED) is 0.857. The van der Waals surface area contributed by atoms with Crippen LogP contribution in [-0.4, -0.2) is 50.2 Å². The van der Waals surface area contributed by atoms with Crippen molar-refractivity contribution in [1.82, 2.24) is 10.2 Å². The molecule has 1 aromatic heterocycles. The number of hydrogen-bond acceptors (Lipinski definition) is 5. The van der Waals surface area contributed by atoms with Crippen LogP contribution in [0.3, 0.4) is 0 Å². The summed E-state index contributed by atoms with van der Waals surface area (Å²) in [5.41, 5.74) is 0.433. The maximum Gasteiger partial charge on any atom is 0.349 e. The number of hydrogen-bond donors (Lipinski definition) is 1. The summed E-state index contributed by atoms with van der Waals surface area (Å²) in [6.07, 6.45) is 2.09. The van der Waals surface area contributed by atoms with Gasteiger partial charge in [0.25, 0.3) is 5.91 Å². The molecule has 3 fully saturated rings. The monoisotopic (exact) mass is 368 g/mol. The zero-order valence-electron chi connectivity index (χ0n) is 14.5. The van der Waals surface area contributed by atoms with E-state index < -0.39 is 5.63 Å². The molecule has 138 valence electrons. The van der Waals surface area contributed by atoms with Gasteiger partial charge in [0, 0.05) is 37.4 Å². The first-order valence-corrected chi connectivity index (χ1v) is 8.86. The molecule has 4 heterocycles. The van der Waals surface area contributed by atoms with Crippen molar-refractivity contribution >= 4 is 18.3 Å². The summed E-state index contributed by atoms with van der Waals surface area (Å²) in [7, 11) is 0. The van der Waals surface area contributed by atoms with Crippen LogP contribution in [0.2, 0.25) is 0 Å². The second kappa shape index (κ2) is 7.48. The van der Waals surface area contributed by atoms with Crippen molar-refractivity contribution in [3.8, 4) is 0 Å². The molecular weight excluding hydrogens is 344 g/mol. The first-order valence-electron chi connectivity index (χ1n) is 8.86. The minimum Gasteiger partial charge on any atom is -0.427 e. The Labute approximate surface area is 153 Å². The Balaban J connectivity index is 0.00000182. The second-order valence-electron chi connectivity index (χ2n) is 7.31. The minimum atomic E-state index is -0.492. The lowest BCUT2D eigenvalue weighted by atomic mass is 9.95. The highest BCUT2D eigenvalue weighted by molar-refractivity contribution is 5.95. The number of nitrogens with one attached hydrogen (secondary N) is 1. The van der Waals surface area contributed by atoms with Gasteiger partial charge in [0.2, 0.25) is 0 Å². The van der Waals surface area contributed by atoms with Gasteiger partial charge in [0.15, 0.2) is 0 Å². The van der Waals surface area contributed by atoms with E-state index in [-0.39, 0.29) is 29.8 Å². The summed E-state index contributed by atoms with van der Waals surface area (Å²) in [4.78, 5) is 27.1. The van der Waals surface area contributed by atoms with E-state index in [2.05, 4.69) is 5.32 Å². The molecule has 0 saturated carbocycles. The third kappa shape index (κ3) is 3.48. The summed E-state index contributed by atoms with van der Waals surface area (Å²) in [6, 6.07) is 1.88. The predicted octanol–water partition coefficient (Wildman–Crippen LogP) is 1.56. The Morgan fingerprint density at radius 1 is 1.28 bits per heavy atom. The average molecular weight is 369 g/mol. The van der Waals surface area contributed by atoms with Crippen molar-refractivity contribution in [3.63, 3.8) is 0 Å². The number of halogens is 1. The first-order chi connectivity index (χ1) is 11.6. The van der Waals surface area contributed by atoms with Gasteiger partial charge in [-0.3, -0.25) is 4.79 Å². The minimum absolute atomic E-state index is 0. The van der Waals surface area contributed by atoms with Gasteiger partial charge in [0.05, 0.1) is 13.2 Å². The average Bonchev–Trinajstić information content (AvgIpc) is 3.16. The topological polar surface area (TPSA) is 71.8 Å². The normalized spacial score (nSPS) is 28.5. The number of amides is 1. The summed E-state index contributed by atoms with van der Waals surface area (Å²) >= 11 is 0. The first kappa shape index (κ1) is 18.4. The number of likely N-dealkylation sites (tertiary alicyclic amines) is 1. The molecule has 6 nitrogen and oxygen atoms in total. The molecule has 3 saturated heterocycles. The molecule has 1 amide bonds. The van der Waals surface area contributed by atoms with Crippen molar-refractivity contribution in [2.75, 3.05) is 39.4 Å². The van der Waals surface area contributed by atoms with Crippen molar-refractivity contribution < 1.29 is 13.9 Å². The number of carbonyl (C=O) groups is 1. The van der Waals surface area contributed by atoms with Gasteiger partial charge in [-0.2, -0.15) is 0 Å².